The molecule has 0 aromatic heterocycles. The van der Waals surface area contributed by atoms with E-state index in [-0.39, 0.29) is 11.7 Å². The van der Waals surface area contributed by atoms with Gasteiger partial charge in [0.2, 0.25) is 0 Å². The molecule has 1 saturated carbocycles. The molecule has 0 saturated heterocycles. The van der Waals surface area contributed by atoms with Crippen LogP contribution < -0.4 is 0 Å². The van der Waals surface area contributed by atoms with Crippen molar-refractivity contribution < 1.29 is 8.78 Å². The van der Waals surface area contributed by atoms with Crippen LogP contribution in [0.25, 0.3) is 0 Å². The predicted molar refractivity (Wildman–Crippen MR) is 38.7 cm³/mol. The molecule has 2 rings (SSSR count). The maximum atomic E-state index is 12.6. The summed E-state index contributed by atoms with van der Waals surface area (Å²) in [6.07, 6.45) is -0.180. The molecule has 0 aliphatic heterocycles. The van der Waals surface area contributed by atoms with E-state index in [1.807, 2.05) is 0 Å². The van der Waals surface area contributed by atoms with Gasteiger partial charge in [-0.2, -0.15) is 0 Å². The van der Waals surface area contributed by atoms with Crippen LogP contribution in [0.4, 0.5) is 8.78 Å². The Morgan fingerprint density at radius 1 is 1.36 bits per heavy atom. The van der Waals surface area contributed by atoms with Gasteiger partial charge in [0.05, 0.1) is 0 Å². The Labute approximate surface area is 63.9 Å². The summed E-state index contributed by atoms with van der Waals surface area (Å²) in [5.74, 6) is -0.313. The van der Waals surface area contributed by atoms with E-state index < -0.39 is 6.17 Å². The number of hydrogen-bond donors (Lipinski definition) is 0. The SMILES string of the molecule is Fc1cccc(C2CC2F)c1. The normalized spacial score (nSPS) is 28.5. The molecule has 0 nitrogen and oxygen atoms in total. The zero-order chi connectivity index (χ0) is 7.84. The standard InChI is InChI=1S/C9H8F2/c10-7-3-1-2-6(4-7)8-5-9(8)11/h1-4,8-9H,5H2. The van der Waals surface area contributed by atoms with Crippen LogP contribution in [0.2, 0.25) is 0 Å². The molecule has 0 N–H and O–H groups in total. The van der Waals surface area contributed by atoms with Gasteiger partial charge in [0, 0.05) is 5.92 Å². The van der Waals surface area contributed by atoms with E-state index in [1.54, 1.807) is 12.1 Å². The van der Waals surface area contributed by atoms with Crippen LogP contribution in [0, 0.1) is 5.82 Å². The summed E-state index contributed by atoms with van der Waals surface area (Å²) in [4.78, 5) is 0. The van der Waals surface area contributed by atoms with E-state index in [0.717, 1.165) is 5.56 Å². The minimum Gasteiger partial charge on any atom is -0.247 e. The van der Waals surface area contributed by atoms with Crippen molar-refractivity contribution >= 4 is 0 Å². The summed E-state index contributed by atoms with van der Waals surface area (Å²) in [5, 5.41) is 0. The molecule has 0 spiro atoms. The molecule has 0 radical (unpaired) electrons. The highest BCUT2D eigenvalue weighted by atomic mass is 19.1. The fourth-order valence-electron chi connectivity index (χ4n) is 1.25. The lowest BCUT2D eigenvalue weighted by Gasteiger charge is -1.95. The second-order valence-electron chi connectivity index (χ2n) is 2.91. The molecule has 1 aromatic rings. The Kier molecular flexibility index (Phi) is 1.41. The van der Waals surface area contributed by atoms with Crippen LogP contribution in [-0.4, -0.2) is 6.17 Å². The Balaban J connectivity index is 2.25. The molecule has 0 bridgehead atoms. The Bertz CT molecular complexity index is 270. The zero-order valence-electron chi connectivity index (χ0n) is 5.93. The van der Waals surface area contributed by atoms with Gasteiger partial charge in [0.1, 0.15) is 12.0 Å². The van der Waals surface area contributed by atoms with Gasteiger partial charge in [0.25, 0.3) is 0 Å². The van der Waals surface area contributed by atoms with Crippen LogP contribution in [-0.2, 0) is 0 Å². The quantitative estimate of drug-likeness (QED) is 0.583. The Hall–Kier alpha value is -0.920. The molecule has 1 aliphatic rings. The van der Waals surface area contributed by atoms with Gasteiger partial charge in [-0.1, -0.05) is 12.1 Å². The van der Waals surface area contributed by atoms with E-state index in [2.05, 4.69) is 0 Å². The highest BCUT2D eigenvalue weighted by Gasteiger charge is 2.38. The van der Waals surface area contributed by atoms with Gasteiger partial charge in [0.15, 0.2) is 0 Å². The van der Waals surface area contributed by atoms with Crippen molar-refractivity contribution in [1.29, 1.82) is 0 Å². The van der Waals surface area contributed by atoms with Crippen LogP contribution in [0.3, 0.4) is 0 Å². The minimum absolute atomic E-state index is 0.0364. The average molecular weight is 154 g/mol. The first kappa shape index (κ1) is 6.77. The number of halogens is 2. The van der Waals surface area contributed by atoms with E-state index >= 15 is 0 Å². The van der Waals surface area contributed by atoms with Crippen LogP contribution in [0.5, 0.6) is 0 Å². The van der Waals surface area contributed by atoms with Gasteiger partial charge in [-0.05, 0) is 24.1 Å². The second kappa shape index (κ2) is 2.29. The van der Waals surface area contributed by atoms with Gasteiger partial charge >= 0.3 is 0 Å². The number of benzene rings is 1. The molecular formula is C9H8F2. The van der Waals surface area contributed by atoms with Crippen molar-refractivity contribution in [3.05, 3.63) is 35.6 Å². The fraction of sp³-hybridized carbons (Fsp3) is 0.333. The van der Waals surface area contributed by atoms with Crippen molar-refractivity contribution in [3.63, 3.8) is 0 Å². The molecule has 1 fully saturated rings. The van der Waals surface area contributed by atoms with E-state index in [9.17, 15) is 8.78 Å². The summed E-state index contributed by atoms with van der Waals surface area (Å²) in [6, 6.07) is 6.17. The van der Waals surface area contributed by atoms with Gasteiger partial charge in [-0.25, -0.2) is 8.78 Å². The molecule has 0 amide bonds. The summed E-state index contributed by atoms with van der Waals surface area (Å²) >= 11 is 0. The lowest BCUT2D eigenvalue weighted by molar-refractivity contribution is 0.468. The lowest BCUT2D eigenvalue weighted by atomic mass is 10.1. The molecule has 58 valence electrons. The van der Waals surface area contributed by atoms with Gasteiger partial charge in [-0.3, -0.25) is 0 Å². The Morgan fingerprint density at radius 3 is 2.64 bits per heavy atom. The maximum absolute atomic E-state index is 12.6. The molecule has 2 unspecified atom stereocenters. The summed E-state index contributed by atoms with van der Waals surface area (Å²) < 4.78 is 25.0. The third kappa shape index (κ3) is 1.25. The molecule has 2 heteroatoms. The highest BCUT2D eigenvalue weighted by Crippen LogP contribution is 2.43. The van der Waals surface area contributed by atoms with Crippen LogP contribution in [0.15, 0.2) is 24.3 Å². The summed E-state index contributed by atoms with van der Waals surface area (Å²) in [6.45, 7) is 0. The van der Waals surface area contributed by atoms with E-state index in [0.29, 0.717) is 6.42 Å². The topological polar surface area (TPSA) is 0 Å². The highest BCUT2D eigenvalue weighted by molar-refractivity contribution is 5.26. The second-order valence-corrected chi connectivity index (χ2v) is 2.91. The Morgan fingerprint density at radius 2 is 2.09 bits per heavy atom. The van der Waals surface area contributed by atoms with Gasteiger partial charge < -0.3 is 0 Å². The molecule has 2 atom stereocenters. The predicted octanol–water partition coefficient (Wildman–Crippen LogP) is 2.65. The molecule has 1 aliphatic carbocycles. The fourth-order valence-corrected chi connectivity index (χ4v) is 1.25. The van der Waals surface area contributed by atoms with Crippen LogP contribution >= 0.6 is 0 Å². The lowest BCUT2D eigenvalue weighted by Crippen LogP contribution is -1.83. The van der Waals surface area contributed by atoms with Crippen molar-refractivity contribution in [2.24, 2.45) is 0 Å². The van der Waals surface area contributed by atoms with Crippen molar-refractivity contribution in [2.75, 3.05) is 0 Å². The first-order valence-corrected chi connectivity index (χ1v) is 3.67. The van der Waals surface area contributed by atoms with E-state index in [1.165, 1.54) is 12.1 Å². The third-order valence-electron chi connectivity index (χ3n) is 1.99. The van der Waals surface area contributed by atoms with Crippen molar-refractivity contribution in [2.45, 2.75) is 18.5 Å². The summed E-state index contributed by atoms with van der Waals surface area (Å²) in [7, 11) is 0. The number of hydrogen-bond acceptors (Lipinski definition) is 0. The largest absolute Gasteiger partial charge is 0.247 e. The monoisotopic (exact) mass is 154 g/mol. The minimum atomic E-state index is -0.739. The van der Waals surface area contributed by atoms with Gasteiger partial charge in [-0.15, -0.1) is 0 Å². The number of rotatable bonds is 1. The van der Waals surface area contributed by atoms with E-state index in [4.69, 9.17) is 0 Å². The van der Waals surface area contributed by atoms with Crippen molar-refractivity contribution in [3.8, 4) is 0 Å². The molecular weight excluding hydrogens is 146 g/mol. The summed E-state index contributed by atoms with van der Waals surface area (Å²) in [5.41, 5.74) is 0.789. The van der Waals surface area contributed by atoms with Crippen molar-refractivity contribution in [1.82, 2.24) is 0 Å². The maximum Gasteiger partial charge on any atom is 0.123 e. The van der Waals surface area contributed by atoms with Crippen LogP contribution in [0.1, 0.15) is 17.9 Å². The third-order valence-corrected chi connectivity index (χ3v) is 1.99. The number of alkyl halides is 1. The first-order valence-electron chi connectivity index (χ1n) is 3.67. The zero-order valence-corrected chi connectivity index (χ0v) is 5.93. The molecule has 0 heterocycles. The molecule has 1 aromatic carbocycles. The molecule has 11 heavy (non-hydrogen) atoms. The average Bonchev–Trinajstić information content (AvgIpc) is 2.67. The first-order chi connectivity index (χ1) is 5.27. The smallest absolute Gasteiger partial charge is 0.123 e.